The van der Waals surface area contributed by atoms with Gasteiger partial charge in [-0.2, -0.15) is 4.31 Å². The molecule has 0 bridgehead atoms. The molecule has 0 atom stereocenters. The van der Waals surface area contributed by atoms with Gasteiger partial charge in [0, 0.05) is 19.6 Å². The largest absolute Gasteiger partial charge is 0.313 e. The Labute approximate surface area is 121 Å². The summed E-state index contributed by atoms with van der Waals surface area (Å²) < 4.78 is 26.4. The number of hydrogen-bond acceptors (Lipinski definition) is 3. The van der Waals surface area contributed by atoms with E-state index in [0.717, 1.165) is 12.1 Å². The smallest absolute Gasteiger partial charge is 0.243 e. The van der Waals surface area contributed by atoms with Crippen molar-refractivity contribution < 1.29 is 8.42 Å². The van der Waals surface area contributed by atoms with E-state index in [9.17, 15) is 8.42 Å². The van der Waals surface area contributed by atoms with E-state index in [1.54, 1.807) is 30.4 Å². The van der Waals surface area contributed by atoms with E-state index < -0.39 is 10.0 Å². The molecule has 0 fully saturated rings. The summed E-state index contributed by atoms with van der Waals surface area (Å²) in [5.74, 6) is 0. The van der Waals surface area contributed by atoms with Gasteiger partial charge in [-0.3, -0.25) is 0 Å². The maximum Gasteiger partial charge on any atom is 0.243 e. The molecule has 4 nitrogen and oxygen atoms in total. The molecule has 5 heteroatoms. The lowest BCUT2D eigenvalue weighted by Crippen LogP contribution is -2.31. The first-order chi connectivity index (χ1) is 9.56. The Morgan fingerprint density at radius 2 is 1.90 bits per heavy atom. The summed E-state index contributed by atoms with van der Waals surface area (Å²) in [7, 11) is -3.51. The summed E-state index contributed by atoms with van der Waals surface area (Å²) >= 11 is 0. The highest BCUT2D eigenvalue weighted by Gasteiger charge is 2.22. The van der Waals surface area contributed by atoms with Gasteiger partial charge in [0.15, 0.2) is 0 Å². The Bertz CT molecular complexity index is 543. The summed E-state index contributed by atoms with van der Waals surface area (Å²) in [6.07, 6.45) is 3.15. The maximum absolute atomic E-state index is 12.5. The van der Waals surface area contributed by atoms with Crippen molar-refractivity contribution in [3.05, 3.63) is 55.1 Å². The fourth-order valence-electron chi connectivity index (χ4n) is 1.79. The molecule has 0 saturated carbocycles. The van der Waals surface area contributed by atoms with Crippen LogP contribution in [0.15, 0.2) is 54.5 Å². The number of nitrogens with one attached hydrogen (secondary N) is 1. The Hall–Kier alpha value is -1.43. The van der Waals surface area contributed by atoms with E-state index >= 15 is 0 Å². The average molecular weight is 294 g/mol. The second kappa shape index (κ2) is 7.99. The number of benzene rings is 1. The van der Waals surface area contributed by atoms with Gasteiger partial charge in [0.1, 0.15) is 0 Å². The summed E-state index contributed by atoms with van der Waals surface area (Å²) in [5.41, 5.74) is 0.949. The van der Waals surface area contributed by atoms with E-state index in [2.05, 4.69) is 18.5 Å². The topological polar surface area (TPSA) is 49.4 Å². The fraction of sp³-hybridized carbons (Fsp3) is 0.333. The molecule has 0 aliphatic rings. The van der Waals surface area contributed by atoms with Crippen LogP contribution in [0.4, 0.5) is 0 Å². The quantitative estimate of drug-likeness (QED) is 0.710. The van der Waals surface area contributed by atoms with E-state index in [4.69, 9.17) is 0 Å². The summed E-state index contributed by atoms with van der Waals surface area (Å²) in [6.45, 7) is 11.2. The number of sulfonamides is 1. The molecule has 1 rings (SSSR count). The van der Waals surface area contributed by atoms with Gasteiger partial charge in [-0.1, -0.05) is 31.2 Å². The lowest BCUT2D eigenvalue weighted by atomic mass is 10.2. The fourth-order valence-corrected chi connectivity index (χ4v) is 3.25. The SMILES string of the molecule is C=CCN(CC=C)S(=O)(=O)c1cccc(CNCC)c1. The minimum absolute atomic E-state index is 0.270. The Morgan fingerprint density at radius 1 is 1.25 bits per heavy atom. The molecule has 1 aromatic carbocycles. The highest BCUT2D eigenvalue weighted by atomic mass is 32.2. The van der Waals surface area contributed by atoms with Crippen molar-refractivity contribution >= 4 is 10.0 Å². The normalized spacial score (nSPS) is 11.5. The predicted octanol–water partition coefficient (Wildman–Crippen LogP) is 2.16. The van der Waals surface area contributed by atoms with Crippen molar-refractivity contribution in [2.75, 3.05) is 19.6 Å². The van der Waals surface area contributed by atoms with Gasteiger partial charge in [-0.05, 0) is 24.2 Å². The maximum atomic E-state index is 12.5. The van der Waals surface area contributed by atoms with E-state index in [1.807, 2.05) is 13.0 Å². The number of nitrogens with zero attached hydrogens (tertiary/aromatic N) is 1. The molecule has 0 amide bonds. The minimum Gasteiger partial charge on any atom is -0.313 e. The van der Waals surface area contributed by atoms with Gasteiger partial charge in [0.25, 0.3) is 0 Å². The molecule has 0 heterocycles. The molecular formula is C15H22N2O2S. The van der Waals surface area contributed by atoms with E-state index in [1.165, 1.54) is 4.31 Å². The molecule has 0 unspecified atom stereocenters. The van der Waals surface area contributed by atoms with Gasteiger partial charge in [-0.15, -0.1) is 13.2 Å². The van der Waals surface area contributed by atoms with Crippen LogP contribution in [0, 0.1) is 0 Å². The Balaban J connectivity index is 3.06. The third-order valence-electron chi connectivity index (χ3n) is 2.78. The highest BCUT2D eigenvalue weighted by Crippen LogP contribution is 2.17. The number of hydrogen-bond donors (Lipinski definition) is 1. The lowest BCUT2D eigenvalue weighted by Gasteiger charge is -2.19. The third kappa shape index (κ3) is 4.30. The van der Waals surface area contributed by atoms with Gasteiger partial charge < -0.3 is 5.32 Å². The van der Waals surface area contributed by atoms with Crippen molar-refractivity contribution in [1.82, 2.24) is 9.62 Å². The molecule has 1 aromatic rings. The molecule has 20 heavy (non-hydrogen) atoms. The van der Waals surface area contributed by atoms with Crippen LogP contribution >= 0.6 is 0 Å². The Morgan fingerprint density at radius 3 is 2.45 bits per heavy atom. The molecule has 0 aliphatic carbocycles. The zero-order valence-corrected chi connectivity index (χ0v) is 12.7. The molecule has 0 saturated heterocycles. The summed E-state index contributed by atoms with van der Waals surface area (Å²) in [5, 5.41) is 3.18. The Kier molecular flexibility index (Phi) is 6.64. The van der Waals surface area contributed by atoms with Crippen molar-refractivity contribution in [2.24, 2.45) is 0 Å². The van der Waals surface area contributed by atoms with Crippen molar-refractivity contribution in [1.29, 1.82) is 0 Å². The summed E-state index contributed by atoms with van der Waals surface area (Å²) in [6, 6.07) is 6.99. The first-order valence-electron chi connectivity index (χ1n) is 6.57. The van der Waals surface area contributed by atoms with Crippen molar-refractivity contribution in [3.63, 3.8) is 0 Å². The first-order valence-corrected chi connectivity index (χ1v) is 8.01. The minimum atomic E-state index is -3.51. The van der Waals surface area contributed by atoms with E-state index in [-0.39, 0.29) is 13.1 Å². The highest BCUT2D eigenvalue weighted by molar-refractivity contribution is 7.89. The molecule has 0 aliphatic heterocycles. The van der Waals surface area contributed by atoms with Gasteiger partial charge >= 0.3 is 0 Å². The van der Waals surface area contributed by atoms with Crippen LogP contribution in [0.25, 0.3) is 0 Å². The molecule has 0 aromatic heterocycles. The molecule has 110 valence electrons. The molecular weight excluding hydrogens is 272 g/mol. The molecule has 1 N–H and O–H groups in total. The third-order valence-corrected chi connectivity index (χ3v) is 4.61. The van der Waals surface area contributed by atoms with Crippen LogP contribution in [-0.2, 0) is 16.6 Å². The molecule has 0 spiro atoms. The van der Waals surface area contributed by atoms with Crippen molar-refractivity contribution in [3.8, 4) is 0 Å². The summed E-state index contributed by atoms with van der Waals surface area (Å²) in [4.78, 5) is 0.302. The number of rotatable bonds is 9. The van der Waals surface area contributed by atoms with Crippen LogP contribution in [0.2, 0.25) is 0 Å². The lowest BCUT2D eigenvalue weighted by molar-refractivity contribution is 0.474. The molecule has 0 radical (unpaired) electrons. The zero-order valence-electron chi connectivity index (χ0n) is 11.9. The van der Waals surface area contributed by atoms with Gasteiger partial charge in [0.05, 0.1) is 4.90 Å². The van der Waals surface area contributed by atoms with E-state index in [0.29, 0.717) is 11.4 Å². The van der Waals surface area contributed by atoms with Gasteiger partial charge in [-0.25, -0.2) is 8.42 Å². The van der Waals surface area contributed by atoms with Crippen LogP contribution in [0.5, 0.6) is 0 Å². The van der Waals surface area contributed by atoms with Crippen LogP contribution in [0.3, 0.4) is 0 Å². The first kappa shape index (κ1) is 16.6. The standard InChI is InChI=1S/C15H22N2O2S/c1-4-10-17(11-5-2)20(18,19)15-9-7-8-14(12-15)13-16-6-3/h4-5,7-9,12,16H,1-2,6,10-11,13H2,3H3. The zero-order chi connectivity index (χ0) is 15.0. The van der Waals surface area contributed by atoms with Crippen LogP contribution in [-0.4, -0.2) is 32.4 Å². The van der Waals surface area contributed by atoms with Gasteiger partial charge in [0.2, 0.25) is 10.0 Å². The van der Waals surface area contributed by atoms with Crippen LogP contribution < -0.4 is 5.32 Å². The predicted molar refractivity (Wildman–Crippen MR) is 83.0 cm³/mol. The average Bonchev–Trinajstić information content (AvgIpc) is 2.45. The second-order valence-electron chi connectivity index (χ2n) is 4.33. The monoisotopic (exact) mass is 294 g/mol. The second-order valence-corrected chi connectivity index (χ2v) is 6.27. The van der Waals surface area contributed by atoms with Crippen molar-refractivity contribution in [2.45, 2.75) is 18.4 Å². The van der Waals surface area contributed by atoms with Crippen LogP contribution in [0.1, 0.15) is 12.5 Å².